The number of benzene rings is 2. The molecule has 2 aromatic rings. The average molecular weight is 567 g/mol. The van der Waals surface area contributed by atoms with Crippen LogP contribution < -0.4 is 10.1 Å². The van der Waals surface area contributed by atoms with Gasteiger partial charge in [0.2, 0.25) is 0 Å². The van der Waals surface area contributed by atoms with Gasteiger partial charge in [0.25, 0.3) is 5.91 Å². The average Bonchev–Trinajstić information content (AvgIpc) is 2.95. The fraction of sp³-hybridized carbons (Fsp3) is 0.367. The number of hydrogen-bond donors (Lipinski definition) is 1. The first-order valence-corrected chi connectivity index (χ1v) is 13.7. The Balaban J connectivity index is 1.62. The fourth-order valence-electron chi connectivity index (χ4n) is 5.14. The lowest BCUT2D eigenvalue weighted by molar-refractivity contribution is -0.139. The van der Waals surface area contributed by atoms with E-state index >= 15 is 0 Å². The van der Waals surface area contributed by atoms with Gasteiger partial charge in [-0.2, -0.15) is 0 Å². The Labute approximate surface area is 240 Å². The molecule has 0 aliphatic carbocycles. The van der Waals surface area contributed by atoms with Crippen LogP contribution >= 0.6 is 11.6 Å². The Kier molecular flexibility index (Phi) is 9.50. The molecule has 212 valence electrons. The molecule has 9 nitrogen and oxygen atoms in total. The molecule has 1 saturated heterocycles. The van der Waals surface area contributed by atoms with Gasteiger partial charge in [-0.3, -0.25) is 14.6 Å². The predicted molar refractivity (Wildman–Crippen MR) is 153 cm³/mol. The van der Waals surface area contributed by atoms with E-state index in [0.29, 0.717) is 53.8 Å². The highest BCUT2D eigenvalue weighted by Crippen LogP contribution is 2.33. The number of nitrogens with zero attached hydrogens (tertiary/aromatic N) is 3. The maximum atomic E-state index is 13.4. The van der Waals surface area contributed by atoms with Gasteiger partial charge in [0.05, 0.1) is 25.3 Å². The molecule has 10 heteroatoms. The Bertz CT molecular complexity index is 1280. The smallest absolute Gasteiger partial charge is 0.338 e. The molecule has 4 rings (SSSR count). The van der Waals surface area contributed by atoms with E-state index in [1.54, 1.807) is 68.6 Å². The van der Waals surface area contributed by atoms with Gasteiger partial charge in [-0.05, 0) is 55.8 Å². The van der Waals surface area contributed by atoms with Crippen LogP contribution in [0, 0.1) is 0 Å². The SMILES string of the molecule is C=CCN1C(=O)NC(c2ccc(Cl)cc2)C(C(=O)OCC)=C1CN1CCN(C(=O)c2ccc(OC)cc2)C(C)C1. The van der Waals surface area contributed by atoms with Gasteiger partial charge in [-0.25, -0.2) is 9.59 Å². The number of nitrogens with one attached hydrogen (secondary N) is 1. The highest BCUT2D eigenvalue weighted by molar-refractivity contribution is 6.30. The molecule has 0 spiro atoms. The minimum absolute atomic E-state index is 0.0469. The number of hydrogen-bond acceptors (Lipinski definition) is 6. The summed E-state index contributed by atoms with van der Waals surface area (Å²) in [5, 5.41) is 3.51. The minimum atomic E-state index is -0.699. The van der Waals surface area contributed by atoms with Gasteiger partial charge < -0.3 is 19.7 Å². The highest BCUT2D eigenvalue weighted by atomic mass is 35.5. The van der Waals surface area contributed by atoms with Crippen molar-refractivity contribution >= 4 is 29.5 Å². The molecule has 1 fully saturated rings. The Morgan fingerprint density at radius 1 is 1.12 bits per heavy atom. The second-order valence-corrected chi connectivity index (χ2v) is 10.2. The monoisotopic (exact) mass is 566 g/mol. The molecule has 0 bridgehead atoms. The minimum Gasteiger partial charge on any atom is -0.497 e. The lowest BCUT2D eigenvalue weighted by Gasteiger charge is -2.43. The van der Waals surface area contributed by atoms with E-state index in [-0.39, 0.29) is 31.1 Å². The molecule has 0 aromatic heterocycles. The number of carbonyl (C=O) groups excluding carboxylic acids is 3. The zero-order valence-corrected chi connectivity index (χ0v) is 23.8. The van der Waals surface area contributed by atoms with E-state index in [1.807, 2.05) is 11.8 Å². The molecule has 2 aromatic carbocycles. The first-order chi connectivity index (χ1) is 19.3. The van der Waals surface area contributed by atoms with Gasteiger partial charge >= 0.3 is 12.0 Å². The number of carbonyl (C=O) groups is 3. The van der Waals surface area contributed by atoms with Crippen LogP contribution in [0.5, 0.6) is 5.75 Å². The van der Waals surface area contributed by atoms with Crippen molar-refractivity contribution in [2.24, 2.45) is 0 Å². The van der Waals surface area contributed by atoms with Crippen molar-refractivity contribution in [1.29, 1.82) is 0 Å². The highest BCUT2D eigenvalue weighted by Gasteiger charge is 2.39. The molecule has 0 radical (unpaired) electrons. The van der Waals surface area contributed by atoms with E-state index in [9.17, 15) is 14.4 Å². The van der Waals surface area contributed by atoms with Crippen molar-refractivity contribution < 1.29 is 23.9 Å². The van der Waals surface area contributed by atoms with Crippen molar-refractivity contribution in [1.82, 2.24) is 20.0 Å². The molecule has 1 N–H and O–H groups in total. The van der Waals surface area contributed by atoms with Crippen molar-refractivity contribution in [3.8, 4) is 5.75 Å². The predicted octanol–water partition coefficient (Wildman–Crippen LogP) is 4.26. The van der Waals surface area contributed by atoms with E-state index in [2.05, 4.69) is 16.8 Å². The summed E-state index contributed by atoms with van der Waals surface area (Å²) in [5.74, 6) is 0.153. The van der Waals surface area contributed by atoms with Crippen molar-refractivity contribution in [3.63, 3.8) is 0 Å². The zero-order valence-electron chi connectivity index (χ0n) is 23.1. The summed E-state index contributed by atoms with van der Waals surface area (Å²) in [6.45, 7) is 9.94. The second kappa shape index (κ2) is 13.0. The fourth-order valence-corrected chi connectivity index (χ4v) is 5.27. The Morgan fingerprint density at radius 3 is 2.42 bits per heavy atom. The van der Waals surface area contributed by atoms with E-state index in [4.69, 9.17) is 21.1 Å². The lowest BCUT2D eigenvalue weighted by atomic mass is 9.94. The van der Waals surface area contributed by atoms with Crippen molar-refractivity contribution in [3.05, 3.63) is 88.6 Å². The standard InChI is InChI=1S/C30H35ClN4O5/c1-5-15-35-25(26(29(37)40-6-2)27(32-30(35)38)21-7-11-23(31)12-8-21)19-33-16-17-34(20(3)18-33)28(36)22-9-13-24(39-4)14-10-22/h5,7-14,20,27H,1,6,15-19H2,2-4H3,(H,32,38). The van der Waals surface area contributed by atoms with E-state index in [1.165, 1.54) is 4.90 Å². The number of amides is 3. The maximum absolute atomic E-state index is 13.4. The number of urea groups is 1. The number of methoxy groups -OCH3 is 1. The number of halogens is 1. The van der Waals surface area contributed by atoms with Gasteiger partial charge in [0.15, 0.2) is 0 Å². The molecule has 2 aliphatic heterocycles. The van der Waals surface area contributed by atoms with Crippen molar-refractivity contribution in [2.45, 2.75) is 25.9 Å². The number of piperazine rings is 1. The summed E-state index contributed by atoms with van der Waals surface area (Å²) in [7, 11) is 1.59. The van der Waals surface area contributed by atoms with Crippen LogP contribution in [0.15, 0.2) is 72.5 Å². The lowest BCUT2D eigenvalue weighted by Crippen LogP contribution is -2.56. The van der Waals surface area contributed by atoms with Crippen molar-refractivity contribution in [2.75, 3.05) is 46.4 Å². The van der Waals surface area contributed by atoms with Gasteiger partial charge in [0, 0.05) is 55.0 Å². The molecule has 2 atom stereocenters. The van der Waals surface area contributed by atoms with Gasteiger partial charge in [-0.1, -0.05) is 29.8 Å². The molecular weight excluding hydrogens is 532 g/mol. The van der Waals surface area contributed by atoms with Gasteiger partial charge in [0.1, 0.15) is 5.75 Å². The van der Waals surface area contributed by atoms with Crippen LogP contribution in [-0.2, 0) is 9.53 Å². The van der Waals surface area contributed by atoms with Crippen LogP contribution in [-0.4, -0.2) is 85.1 Å². The molecule has 2 heterocycles. The number of rotatable bonds is 9. The first-order valence-electron chi connectivity index (χ1n) is 13.3. The second-order valence-electron chi connectivity index (χ2n) is 9.73. The summed E-state index contributed by atoms with van der Waals surface area (Å²) in [4.78, 5) is 45.5. The third-order valence-electron chi connectivity index (χ3n) is 7.13. The quantitative estimate of drug-likeness (QED) is 0.360. The summed E-state index contributed by atoms with van der Waals surface area (Å²) >= 11 is 6.10. The third-order valence-corrected chi connectivity index (χ3v) is 7.38. The molecule has 0 saturated carbocycles. The summed E-state index contributed by atoms with van der Waals surface area (Å²) in [6, 6.07) is 13.0. The number of ether oxygens (including phenoxy) is 2. The summed E-state index contributed by atoms with van der Waals surface area (Å²) in [5.41, 5.74) is 2.25. The van der Waals surface area contributed by atoms with Crippen LogP contribution in [0.1, 0.15) is 35.8 Å². The number of esters is 1. The molecule has 2 aliphatic rings. The zero-order chi connectivity index (χ0) is 28.8. The molecular formula is C30H35ClN4O5. The van der Waals surface area contributed by atoms with E-state index < -0.39 is 12.0 Å². The molecule has 2 unspecified atom stereocenters. The normalized spacial score (nSPS) is 19.8. The van der Waals surface area contributed by atoms with Crippen LogP contribution in [0.25, 0.3) is 0 Å². The topological polar surface area (TPSA) is 91.4 Å². The van der Waals surface area contributed by atoms with E-state index in [0.717, 1.165) is 5.56 Å². The summed E-state index contributed by atoms with van der Waals surface area (Å²) in [6.07, 6.45) is 1.62. The maximum Gasteiger partial charge on any atom is 0.338 e. The molecule has 40 heavy (non-hydrogen) atoms. The summed E-state index contributed by atoms with van der Waals surface area (Å²) < 4.78 is 10.7. The van der Waals surface area contributed by atoms with Gasteiger partial charge in [-0.15, -0.1) is 6.58 Å². The third kappa shape index (κ3) is 6.32. The van der Waals surface area contributed by atoms with Crippen LogP contribution in [0.3, 0.4) is 0 Å². The molecule has 3 amide bonds. The largest absolute Gasteiger partial charge is 0.497 e. The Morgan fingerprint density at radius 2 is 1.82 bits per heavy atom. The van der Waals surface area contributed by atoms with Crippen LogP contribution in [0.2, 0.25) is 5.02 Å². The first kappa shape index (κ1) is 29.2. The Hall–Kier alpha value is -3.82. The van der Waals surface area contributed by atoms with Crippen LogP contribution in [0.4, 0.5) is 4.79 Å².